The number of nitrogens with one attached hydrogen (secondary N) is 1. The van der Waals surface area contributed by atoms with Crippen LogP contribution in [0.15, 0.2) is 35.7 Å². The average molecular weight is 331 g/mol. The average Bonchev–Trinajstić information content (AvgIpc) is 3.02. The van der Waals surface area contributed by atoms with E-state index in [2.05, 4.69) is 44.8 Å². The molecule has 0 radical (unpaired) electrons. The minimum Gasteiger partial charge on any atom is -0.396 e. The zero-order chi connectivity index (χ0) is 16.1. The standard InChI is InChI=1S/C18H25N3OS/c1-14-13-23-18(19-14)21-10-7-16(8-11-21)20-17(9-12-22)15-5-3-2-4-6-15/h2-6,13,16-17,20,22H,7-12H2,1H3/t17-/m1/s1. The molecule has 0 unspecified atom stereocenters. The number of hydrogen-bond acceptors (Lipinski definition) is 5. The Kier molecular flexibility index (Phi) is 5.65. The van der Waals surface area contributed by atoms with E-state index in [4.69, 9.17) is 0 Å². The van der Waals surface area contributed by atoms with Crippen LogP contribution in [0.5, 0.6) is 0 Å². The van der Waals surface area contributed by atoms with Crippen LogP contribution in [0.25, 0.3) is 0 Å². The third-order valence-electron chi connectivity index (χ3n) is 4.43. The van der Waals surface area contributed by atoms with Crippen molar-refractivity contribution in [3.05, 3.63) is 47.0 Å². The Labute approximate surface area is 142 Å². The molecule has 2 aromatic rings. The quantitative estimate of drug-likeness (QED) is 0.854. The van der Waals surface area contributed by atoms with Gasteiger partial charge in [0.05, 0.1) is 5.69 Å². The lowest BCUT2D eigenvalue weighted by Gasteiger charge is -2.34. The fourth-order valence-electron chi connectivity index (χ4n) is 3.17. The molecule has 0 spiro atoms. The molecule has 1 saturated heterocycles. The number of aromatic nitrogens is 1. The van der Waals surface area contributed by atoms with Crippen molar-refractivity contribution < 1.29 is 5.11 Å². The van der Waals surface area contributed by atoms with Gasteiger partial charge in [-0.25, -0.2) is 4.98 Å². The summed E-state index contributed by atoms with van der Waals surface area (Å²) in [5, 5.41) is 16.4. The Morgan fingerprint density at radius 3 is 2.65 bits per heavy atom. The van der Waals surface area contributed by atoms with Crippen LogP contribution >= 0.6 is 11.3 Å². The molecule has 0 amide bonds. The van der Waals surface area contributed by atoms with E-state index in [-0.39, 0.29) is 12.6 Å². The maximum Gasteiger partial charge on any atom is 0.185 e. The number of aliphatic hydroxyl groups excluding tert-OH is 1. The summed E-state index contributed by atoms with van der Waals surface area (Å²) in [6.45, 7) is 4.36. The Hall–Kier alpha value is -1.43. The molecule has 0 saturated carbocycles. The number of aryl methyl sites for hydroxylation is 1. The van der Waals surface area contributed by atoms with Gasteiger partial charge < -0.3 is 15.3 Å². The molecular formula is C18H25N3OS. The summed E-state index contributed by atoms with van der Waals surface area (Å²) in [6, 6.07) is 11.2. The minimum absolute atomic E-state index is 0.212. The number of nitrogens with zero attached hydrogens (tertiary/aromatic N) is 2. The molecular weight excluding hydrogens is 306 g/mol. The van der Waals surface area contributed by atoms with Gasteiger partial charge in [0.2, 0.25) is 0 Å². The van der Waals surface area contributed by atoms with Gasteiger partial charge in [-0.2, -0.15) is 0 Å². The van der Waals surface area contributed by atoms with Crippen molar-refractivity contribution in [3.63, 3.8) is 0 Å². The molecule has 5 heteroatoms. The van der Waals surface area contributed by atoms with Gasteiger partial charge in [0.1, 0.15) is 0 Å². The molecule has 2 N–H and O–H groups in total. The first kappa shape index (κ1) is 16.4. The van der Waals surface area contributed by atoms with Crippen LogP contribution in [0.1, 0.15) is 36.6 Å². The molecule has 1 fully saturated rings. The second-order valence-corrected chi connectivity index (χ2v) is 7.01. The van der Waals surface area contributed by atoms with Crippen molar-refractivity contribution in [1.29, 1.82) is 0 Å². The normalized spacial score (nSPS) is 17.4. The molecule has 1 aromatic carbocycles. The molecule has 4 nitrogen and oxygen atoms in total. The van der Waals surface area contributed by atoms with Gasteiger partial charge in [-0.05, 0) is 31.7 Å². The molecule has 1 aliphatic heterocycles. The van der Waals surface area contributed by atoms with E-state index in [1.54, 1.807) is 11.3 Å². The van der Waals surface area contributed by atoms with E-state index >= 15 is 0 Å². The topological polar surface area (TPSA) is 48.4 Å². The lowest BCUT2D eigenvalue weighted by atomic mass is 9.99. The van der Waals surface area contributed by atoms with Crippen molar-refractivity contribution in [3.8, 4) is 0 Å². The fourth-order valence-corrected chi connectivity index (χ4v) is 4.03. The van der Waals surface area contributed by atoms with Gasteiger partial charge >= 0.3 is 0 Å². The van der Waals surface area contributed by atoms with Crippen LogP contribution in [0.2, 0.25) is 0 Å². The number of piperidine rings is 1. The van der Waals surface area contributed by atoms with Crippen molar-refractivity contribution in [1.82, 2.24) is 10.3 Å². The van der Waals surface area contributed by atoms with Crippen LogP contribution in [0, 0.1) is 6.92 Å². The number of rotatable bonds is 6. The lowest BCUT2D eigenvalue weighted by molar-refractivity contribution is 0.253. The van der Waals surface area contributed by atoms with Gasteiger partial charge in [-0.15, -0.1) is 11.3 Å². The highest BCUT2D eigenvalue weighted by atomic mass is 32.1. The van der Waals surface area contributed by atoms with E-state index in [9.17, 15) is 5.11 Å². The summed E-state index contributed by atoms with van der Waals surface area (Å²) >= 11 is 1.74. The summed E-state index contributed by atoms with van der Waals surface area (Å²) in [5.41, 5.74) is 2.37. The molecule has 0 bridgehead atoms. The summed E-state index contributed by atoms with van der Waals surface area (Å²) in [6.07, 6.45) is 3.00. The summed E-state index contributed by atoms with van der Waals surface area (Å²) in [7, 11) is 0. The first-order chi connectivity index (χ1) is 11.3. The van der Waals surface area contributed by atoms with Crippen LogP contribution in [0.3, 0.4) is 0 Å². The Morgan fingerprint density at radius 1 is 1.30 bits per heavy atom. The smallest absolute Gasteiger partial charge is 0.185 e. The van der Waals surface area contributed by atoms with E-state index in [0.717, 1.165) is 43.2 Å². The zero-order valence-electron chi connectivity index (χ0n) is 13.6. The predicted octanol–water partition coefficient (Wildman–Crippen LogP) is 3.13. The van der Waals surface area contributed by atoms with Crippen LogP contribution < -0.4 is 10.2 Å². The molecule has 3 rings (SSSR count). The molecule has 1 aromatic heterocycles. The second-order valence-electron chi connectivity index (χ2n) is 6.18. The van der Waals surface area contributed by atoms with Crippen LogP contribution in [-0.4, -0.2) is 35.8 Å². The van der Waals surface area contributed by atoms with Crippen LogP contribution in [0.4, 0.5) is 5.13 Å². The Bertz CT molecular complexity index is 593. The molecule has 1 aliphatic rings. The monoisotopic (exact) mass is 331 g/mol. The van der Waals surface area contributed by atoms with E-state index in [1.807, 2.05) is 13.0 Å². The largest absolute Gasteiger partial charge is 0.396 e. The maximum atomic E-state index is 9.37. The highest BCUT2D eigenvalue weighted by molar-refractivity contribution is 7.13. The van der Waals surface area contributed by atoms with Crippen molar-refractivity contribution in [2.45, 2.75) is 38.3 Å². The zero-order valence-corrected chi connectivity index (χ0v) is 14.4. The third-order valence-corrected chi connectivity index (χ3v) is 5.45. The predicted molar refractivity (Wildman–Crippen MR) is 96.1 cm³/mol. The van der Waals surface area contributed by atoms with Crippen molar-refractivity contribution in [2.24, 2.45) is 0 Å². The summed E-state index contributed by atoms with van der Waals surface area (Å²) < 4.78 is 0. The minimum atomic E-state index is 0.212. The summed E-state index contributed by atoms with van der Waals surface area (Å²) in [5.74, 6) is 0. The molecule has 23 heavy (non-hydrogen) atoms. The van der Waals surface area contributed by atoms with Crippen LogP contribution in [-0.2, 0) is 0 Å². The van der Waals surface area contributed by atoms with Gasteiger partial charge in [-0.1, -0.05) is 30.3 Å². The van der Waals surface area contributed by atoms with Gasteiger partial charge in [-0.3, -0.25) is 0 Å². The maximum absolute atomic E-state index is 9.37. The number of thiazole rings is 1. The highest BCUT2D eigenvalue weighted by Gasteiger charge is 2.23. The molecule has 1 atom stereocenters. The van der Waals surface area contributed by atoms with Crippen molar-refractivity contribution in [2.75, 3.05) is 24.6 Å². The second kappa shape index (κ2) is 7.90. The lowest BCUT2D eigenvalue weighted by Crippen LogP contribution is -2.44. The Morgan fingerprint density at radius 2 is 2.04 bits per heavy atom. The number of aliphatic hydroxyl groups is 1. The highest BCUT2D eigenvalue weighted by Crippen LogP contribution is 2.25. The third kappa shape index (κ3) is 4.31. The van der Waals surface area contributed by atoms with E-state index in [1.165, 1.54) is 5.56 Å². The van der Waals surface area contributed by atoms with E-state index < -0.39 is 0 Å². The van der Waals surface area contributed by atoms with Crippen molar-refractivity contribution >= 4 is 16.5 Å². The SMILES string of the molecule is Cc1csc(N2CCC(N[C@H](CCO)c3ccccc3)CC2)n1. The summed E-state index contributed by atoms with van der Waals surface area (Å²) in [4.78, 5) is 6.98. The first-order valence-corrected chi connectivity index (χ1v) is 9.23. The van der Waals surface area contributed by atoms with E-state index in [0.29, 0.717) is 6.04 Å². The molecule has 2 heterocycles. The molecule has 0 aliphatic carbocycles. The first-order valence-electron chi connectivity index (χ1n) is 8.35. The van der Waals surface area contributed by atoms with Gasteiger partial charge in [0.25, 0.3) is 0 Å². The number of anilines is 1. The van der Waals surface area contributed by atoms with Gasteiger partial charge in [0, 0.05) is 37.2 Å². The molecule has 124 valence electrons. The van der Waals surface area contributed by atoms with Gasteiger partial charge in [0.15, 0.2) is 5.13 Å². The number of hydrogen-bond donors (Lipinski definition) is 2. The fraction of sp³-hybridized carbons (Fsp3) is 0.500. The Balaban J connectivity index is 1.56. The number of benzene rings is 1.